The van der Waals surface area contributed by atoms with Crippen LogP contribution in [0.5, 0.6) is 0 Å². The average Bonchev–Trinajstić information content (AvgIpc) is 2.64. The van der Waals surface area contributed by atoms with E-state index in [-0.39, 0.29) is 12.1 Å². The lowest BCUT2D eigenvalue weighted by Gasteiger charge is -2.25. The summed E-state index contributed by atoms with van der Waals surface area (Å²) >= 11 is 0. The standard InChI is InChI=1S/C21H35NO3/c1-4-7-8-12-15-21(23)25-20(16-22(5-2)6-3)18-24-17-19-13-10-9-11-14-19/h9-11,13-14,20H,4-8,12,15-18H2,1-3H3/t20-/m0/s1. The second-order valence-electron chi connectivity index (χ2n) is 6.41. The maximum absolute atomic E-state index is 12.1. The molecule has 0 unspecified atom stereocenters. The largest absolute Gasteiger partial charge is 0.459 e. The highest BCUT2D eigenvalue weighted by Gasteiger charge is 2.17. The zero-order valence-electron chi connectivity index (χ0n) is 16.2. The highest BCUT2D eigenvalue weighted by Crippen LogP contribution is 2.08. The normalized spacial score (nSPS) is 12.3. The summed E-state index contributed by atoms with van der Waals surface area (Å²) in [5, 5.41) is 0. The van der Waals surface area contributed by atoms with Crippen molar-refractivity contribution in [1.29, 1.82) is 0 Å². The van der Waals surface area contributed by atoms with Crippen LogP contribution in [0.25, 0.3) is 0 Å². The van der Waals surface area contributed by atoms with Gasteiger partial charge in [0.1, 0.15) is 6.10 Å². The first kappa shape index (κ1) is 21.7. The molecule has 0 bridgehead atoms. The maximum atomic E-state index is 12.1. The van der Waals surface area contributed by atoms with Crippen molar-refractivity contribution in [2.45, 2.75) is 65.6 Å². The molecule has 1 atom stereocenters. The van der Waals surface area contributed by atoms with Gasteiger partial charge in [0.2, 0.25) is 0 Å². The number of carbonyl (C=O) groups is 1. The van der Waals surface area contributed by atoms with Crippen molar-refractivity contribution < 1.29 is 14.3 Å². The van der Waals surface area contributed by atoms with Crippen molar-refractivity contribution >= 4 is 5.97 Å². The lowest BCUT2D eigenvalue weighted by Crippen LogP contribution is -2.37. The minimum absolute atomic E-state index is 0.100. The van der Waals surface area contributed by atoms with E-state index in [9.17, 15) is 4.79 Å². The quantitative estimate of drug-likeness (QED) is 0.368. The van der Waals surface area contributed by atoms with Gasteiger partial charge in [0.25, 0.3) is 0 Å². The summed E-state index contributed by atoms with van der Waals surface area (Å²) in [6.07, 6.45) is 4.66. The van der Waals surface area contributed by atoms with E-state index in [1.807, 2.05) is 30.3 Å². The Balaban J connectivity index is 2.43. The lowest BCUT2D eigenvalue weighted by molar-refractivity contribution is -0.153. The molecule has 0 aliphatic rings. The topological polar surface area (TPSA) is 38.8 Å². The molecule has 0 spiro atoms. The number of carbonyl (C=O) groups excluding carboxylic acids is 1. The van der Waals surface area contributed by atoms with Gasteiger partial charge in [0.05, 0.1) is 13.2 Å². The molecular weight excluding hydrogens is 314 g/mol. The number of unbranched alkanes of at least 4 members (excludes halogenated alkanes) is 3. The Morgan fingerprint density at radius 2 is 1.76 bits per heavy atom. The lowest BCUT2D eigenvalue weighted by atomic mass is 10.1. The van der Waals surface area contributed by atoms with Crippen LogP contribution >= 0.6 is 0 Å². The van der Waals surface area contributed by atoms with E-state index < -0.39 is 0 Å². The number of hydrogen-bond acceptors (Lipinski definition) is 4. The highest BCUT2D eigenvalue weighted by molar-refractivity contribution is 5.69. The first-order valence-corrected chi connectivity index (χ1v) is 9.73. The van der Waals surface area contributed by atoms with Crippen molar-refractivity contribution in [1.82, 2.24) is 4.90 Å². The van der Waals surface area contributed by atoms with Crippen LogP contribution in [0.1, 0.15) is 58.4 Å². The Kier molecular flexibility index (Phi) is 12.0. The van der Waals surface area contributed by atoms with Crippen molar-refractivity contribution in [3.8, 4) is 0 Å². The fraction of sp³-hybridized carbons (Fsp3) is 0.667. The van der Waals surface area contributed by atoms with Gasteiger partial charge in [-0.15, -0.1) is 0 Å². The van der Waals surface area contributed by atoms with Crippen LogP contribution < -0.4 is 0 Å². The van der Waals surface area contributed by atoms with E-state index in [2.05, 4.69) is 25.7 Å². The molecule has 25 heavy (non-hydrogen) atoms. The van der Waals surface area contributed by atoms with E-state index in [0.29, 0.717) is 19.6 Å². The number of likely N-dealkylation sites (N-methyl/N-ethyl adjacent to an activating group) is 1. The zero-order valence-corrected chi connectivity index (χ0v) is 16.2. The van der Waals surface area contributed by atoms with Crippen molar-refractivity contribution in [2.75, 3.05) is 26.2 Å². The predicted molar refractivity (Wildman–Crippen MR) is 103 cm³/mol. The molecule has 1 aromatic rings. The fourth-order valence-electron chi connectivity index (χ4n) is 2.72. The number of rotatable bonds is 14. The first-order chi connectivity index (χ1) is 12.2. The summed E-state index contributed by atoms with van der Waals surface area (Å²) in [5.41, 5.74) is 1.13. The number of hydrogen-bond donors (Lipinski definition) is 0. The van der Waals surface area contributed by atoms with Gasteiger partial charge in [-0.3, -0.25) is 4.79 Å². The van der Waals surface area contributed by atoms with E-state index in [1.54, 1.807) is 0 Å². The molecule has 0 saturated heterocycles. The minimum Gasteiger partial charge on any atom is -0.459 e. The number of esters is 1. The molecule has 0 radical (unpaired) electrons. The molecule has 0 heterocycles. The summed E-state index contributed by atoms with van der Waals surface area (Å²) < 4.78 is 11.5. The summed E-state index contributed by atoms with van der Waals surface area (Å²) in [5.74, 6) is -0.100. The third kappa shape index (κ3) is 10.3. The summed E-state index contributed by atoms with van der Waals surface area (Å²) in [6.45, 7) is 10.0. The minimum atomic E-state index is -0.206. The number of ether oxygens (including phenoxy) is 2. The Morgan fingerprint density at radius 3 is 2.40 bits per heavy atom. The third-order valence-corrected chi connectivity index (χ3v) is 4.30. The van der Waals surface area contributed by atoms with Gasteiger partial charge < -0.3 is 14.4 Å². The molecule has 0 aromatic heterocycles. The second-order valence-corrected chi connectivity index (χ2v) is 6.41. The van der Waals surface area contributed by atoms with Crippen LogP contribution in [-0.2, 0) is 20.9 Å². The van der Waals surface area contributed by atoms with Gasteiger partial charge >= 0.3 is 5.97 Å². The van der Waals surface area contributed by atoms with E-state index in [1.165, 1.54) is 12.8 Å². The van der Waals surface area contributed by atoms with Gasteiger partial charge in [0.15, 0.2) is 0 Å². The molecule has 0 aliphatic carbocycles. The molecule has 0 saturated carbocycles. The molecule has 4 heteroatoms. The average molecular weight is 350 g/mol. The molecule has 142 valence electrons. The Morgan fingerprint density at radius 1 is 1.04 bits per heavy atom. The van der Waals surface area contributed by atoms with E-state index >= 15 is 0 Å². The molecule has 1 aromatic carbocycles. The monoisotopic (exact) mass is 349 g/mol. The van der Waals surface area contributed by atoms with Gasteiger partial charge in [-0.1, -0.05) is 70.4 Å². The van der Waals surface area contributed by atoms with Crippen LogP contribution in [0.15, 0.2) is 30.3 Å². The molecule has 0 fully saturated rings. The SMILES string of the molecule is CCCCCCC(=O)O[C@H](COCc1ccccc1)CN(CC)CC. The molecule has 0 aliphatic heterocycles. The second kappa shape index (κ2) is 13.9. The third-order valence-electron chi connectivity index (χ3n) is 4.30. The van der Waals surface area contributed by atoms with E-state index in [4.69, 9.17) is 9.47 Å². The van der Waals surface area contributed by atoms with Crippen molar-refractivity contribution in [2.24, 2.45) is 0 Å². The molecule has 0 amide bonds. The first-order valence-electron chi connectivity index (χ1n) is 9.73. The predicted octanol–water partition coefficient (Wildman–Crippen LogP) is 4.43. The smallest absolute Gasteiger partial charge is 0.306 e. The Labute approximate surface area is 153 Å². The maximum Gasteiger partial charge on any atom is 0.306 e. The van der Waals surface area contributed by atoms with Gasteiger partial charge in [0, 0.05) is 13.0 Å². The van der Waals surface area contributed by atoms with Gasteiger partial charge in [-0.2, -0.15) is 0 Å². The molecule has 1 rings (SSSR count). The summed E-state index contributed by atoms with van der Waals surface area (Å²) in [6, 6.07) is 10.1. The van der Waals surface area contributed by atoms with Crippen LogP contribution in [-0.4, -0.2) is 43.2 Å². The van der Waals surface area contributed by atoms with Crippen molar-refractivity contribution in [3.05, 3.63) is 35.9 Å². The van der Waals surface area contributed by atoms with E-state index in [0.717, 1.165) is 38.0 Å². The van der Waals surface area contributed by atoms with Crippen LogP contribution in [0.4, 0.5) is 0 Å². The zero-order chi connectivity index (χ0) is 18.3. The summed E-state index contributed by atoms with van der Waals surface area (Å²) in [7, 11) is 0. The molecule has 4 nitrogen and oxygen atoms in total. The van der Waals surface area contributed by atoms with Crippen LogP contribution in [0.2, 0.25) is 0 Å². The summed E-state index contributed by atoms with van der Waals surface area (Å²) in [4.78, 5) is 14.4. The highest BCUT2D eigenvalue weighted by atomic mass is 16.6. The van der Waals surface area contributed by atoms with Crippen LogP contribution in [0, 0.1) is 0 Å². The van der Waals surface area contributed by atoms with Crippen molar-refractivity contribution in [3.63, 3.8) is 0 Å². The molecular formula is C21H35NO3. The van der Waals surface area contributed by atoms with Gasteiger partial charge in [-0.25, -0.2) is 0 Å². The Bertz CT molecular complexity index is 446. The molecule has 0 N–H and O–H groups in total. The van der Waals surface area contributed by atoms with Crippen LogP contribution in [0.3, 0.4) is 0 Å². The van der Waals surface area contributed by atoms with Gasteiger partial charge in [-0.05, 0) is 25.1 Å². The number of benzene rings is 1. The fourth-order valence-corrected chi connectivity index (χ4v) is 2.72. The Hall–Kier alpha value is -1.39. The number of nitrogens with zero attached hydrogens (tertiary/aromatic N) is 1.